The van der Waals surface area contributed by atoms with Crippen molar-refractivity contribution in [2.75, 3.05) is 0 Å². The third kappa shape index (κ3) is 2.01. The maximum atomic E-state index is 5.66. The van der Waals surface area contributed by atoms with E-state index in [9.17, 15) is 0 Å². The fourth-order valence-electron chi connectivity index (χ4n) is 1.76. The summed E-state index contributed by atoms with van der Waals surface area (Å²) in [6, 6.07) is 7.81. The molecule has 2 aromatic rings. The van der Waals surface area contributed by atoms with Gasteiger partial charge in [0.15, 0.2) is 0 Å². The maximum Gasteiger partial charge on any atom is 0.129 e. The number of rotatable bonds is 1. The monoisotopic (exact) mass is 228 g/mol. The van der Waals surface area contributed by atoms with E-state index in [1.807, 2.05) is 31.2 Å². The molecule has 0 fully saturated rings. The van der Waals surface area contributed by atoms with Gasteiger partial charge in [0, 0.05) is 11.6 Å². The van der Waals surface area contributed by atoms with Crippen molar-refractivity contribution >= 4 is 12.4 Å². The number of H-pyrrole nitrogens is 1. The fraction of sp³-hybridized carbons (Fsp3) is 0.154. The molecule has 0 aliphatic carbocycles. The zero-order valence-electron chi connectivity index (χ0n) is 9.83. The van der Waals surface area contributed by atoms with Crippen molar-refractivity contribution in [3.8, 4) is 0 Å². The summed E-state index contributed by atoms with van der Waals surface area (Å²) in [4.78, 5) is 7.61. The Morgan fingerprint density at radius 2 is 2.06 bits per heavy atom. The van der Waals surface area contributed by atoms with Crippen LogP contribution in [0.3, 0.4) is 0 Å². The van der Waals surface area contributed by atoms with Gasteiger partial charge in [0.05, 0.1) is 5.35 Å². The summed E-state index contributed by atoms with van der Waals surface area (Å²) in [6.45, 7) is 6.02. The zero-order valence-corrected chi connectivity index (χ0v) is 9.83. The molecule has 0 radical (unpaired) electrons. The van der Waals surface area contributed by atoms with Crippen molar-refractivity contribution in [3.63, 3.8) is 0 Å². The third-order valence-electron chi connectivity index (χ3n) is 2.65. The number of imidazole rings is 1. The molecule has 0 saturated carbocycles. The summed E-state index contributed by atoms with van der Waals surface area (Å²) in [6.07, 6.45) is 0.805. The first-order chi connectivity index (χ1) is 8.13. The Balaban J connectivity index is 3.10. The minimum Gasteiger partial charge on any atom is -0.384 e. The Labute approximate surface area is 99.0 Å². The standard InChI is InChI=1S/C13H16N4/c1-3-10-16-11(12(17-10)13(14)15)9-7-5-4-6-8(9)2/h4-7H,2-3,14-15H2,1H3,(H,16,17)/b11-9+. The average molecular weight is 228 g/mol. The van der Waals surface area contributed by atoms with E-state index in [2.05, 4.69) is 16.5 Å². The van der Waals surface area contributed by atoms with Crippen molar-refractivity contribution in [1.29, 1.82) is 0 Å². The molecule has 0 aliphatic rings. The van der Waals surface area contributed by atoms with E-state index in [1.165, 1.54) is 0 Å². The summed E-state index contributed by atoms with van der Waals surface area (Å²) in [5.74, 6) is 1.09. The van der Waals surface area contributed by atoms with Crippen LogP contribution in [0, 0.1) is 10.6 Å². The van der Waals surface area contributed by atoms with Gasteiger partial charge in [0.2, 0.25) is 0 Å². The molecule has 4 heteroatoms. The second-order valence-corrected chi connectivity index (χ2v) is 3.87. The average Bonchev–Trinajstić information content (AvgIpc) is 2.73. The van der Waals surface area contributed by atoms with E-state index < -0.39 is 0 Å². The minimum absolute atomic E-state index is 0.221. The van der Waals surface area contributed by atoms with Crippen molar-refractivity contribution in [1.82, 2.24) is 9.97 Å². The molecule has 4 nitrogen and oxygen atoms in total. The van der Waals surface area contributed by atoms with Crippen molar-refractivity contribution in [3.05, 3.63) is 51.2 Å². The van der Waals surface area contributed by atoms with E-state index in [0.29, 0.717) is 5.35 Å². The van der Waals surface area contributed by atoms with Crippen LogP contribution in [-0.4, -0.2) is 9.97 Å². The summed E-state index contributed by atoms with van der Waals surface area (Å²) < 4.78 is 0. The first-order valence-corrected chi connectivity index (χ1v) is 5.52. The number of benzene rings is 1. The van der Waals surface area contributed by atoms with E-state index in [-0.39, 0.29) is 5.82 Å². The van der Waals surface area contributed by atoms with Gasteiger partial charge < -0.3 is 16.5 Å². The molecule has 0 unspecified atom stereocenters. The molecule has 0 bridgehead atoms. The highest BCUT2D eigenvalue weighted by atomic mass is 14.9. The van der Waals surface area contributed by atoms with Crippen molar-refractivity contribution in [2.45, 2.75) is 13.3 Å². The highest BCUT2D eigenvalue weighted by Crippen LogP contribution is 1.90. The fourth-order valence-corrected chi connectivity index (χ4v) is 1.76. The Bertz CT molecular complexity index is 724. The molecule has 1 aromatic carbocycles. The Hall–Kier alpha value is -2.23. The normalized spacial score (nSPS) is 12.5. The molecule has 1 heterocycles. The van der Waals surface area contributed by atoms with Gasteiger partial charge in [-0.15, -0.1) is 0 Å². The van der Waals surface area contributed by atoms with Gasteiger partial charge in [-0.3, -0.25) is 0 Å². The highest BCUT2D eigenvalue weighted by molar-refractivity contribution is 5.33. The third-order valence-corrected chi connectivity index (χ3v) is 2.65. The lowest BCUT2D eigenvalue weighted by Gasteiger charge is -1.88. The molecule has 0 aliphatic heterocycles. The second kappa shape index (κ2) is 4.33. The molecular formula is C13H16N4. The molecular weight excluding hydrogens is 212 g/mol. The number of nitrogens with zero attached hydrogens (tertiary/aromatic N) is 1. The Morgan fingerprint density at radius 3 is 2.65 bits per heavy atom. The topological polar surface area (TPSA) is 80.7 Å². The van der Waals surface area contributed by atoms with E-state index in [4.69, 9.17) is 11.5 Å². The van der Waals surface area contributed by atoms with Crippen LogP contribution in [0.15, 0.2) is 24.3 Å². The number of hydrogen-bond donors (Lipinski definition) is 3. The van der Waals surface area contributed by atoms with Gasteiger partial charge >= 0.3 is 0 Å². The van der Waals surface area contributed by atoms with Crippen molar-refractivity contribution in [2.24, 2.45) is 11.5 Å². The molecule has 0 saturated heterocycles. The summed E-state index contributed by atoms with van der Waals surface area (Å²) in [5.41, 5.74) is 11.3. The quantitative estimate of drug-likeness (QED) is 0.624. The van der Waals surface area contributed by atoms with Crippen LogP contribution in [-0.2, 0) is 6.42 Å². The van der Waals surface area contributed by atoms with E-state index in [1.54, 1.807) is 0 Å². The van der Waals surface area contributed by atoms with Gasteiger partial charge in [-0.1, -0.05) is 37.8 Å². The molecule has 0 amide bonds. The van der Waals surface area contributed by atoms with Gasteiger partial charge in [0.25, 0.3) is 0 Å². The largest absolute Gasteiger partial charge is 0.384 e. The van der Waals surface area contributed by atoms with Crippen molar-refractivity contribution < 1.29 is 0 Å². The first kappa shape index (κ1) is 11.3. The molecule has 88 valence electrons. The number of aryl methyl sites for hydroxylation is 1. The SMILES string of the molecule is C=c1cccc/c1=c1\[nH]c(CC)nc1=C(N)N. The lowest BCUT2D eigenvalue weighted by Crippen LogP contribution is -2.23. The molecule has 0 atom stereocenters. The van der Waals surface area contributed by atoms with Crippen LogP contribution in [0.5, 0.6) is 0 Å². The van der Waals surface area contributed by atoms with Crippen LogP contribution < -0.4 is 22.0 Å². The Kier molecular flexibility index (Phi) is 2.87. The molecule has 1 aromatic heterocycles. The van der Waals surface area contributed by atoms with Crippen LogP contribution >= 0.6 is 0 Å². The van der Waals surface area contributed by atoms with Gasteiger partial charge in [-0.2, -0.15) is 0 Å². The van der Waals surface area contributed by atoms with Crippen LogP contribution in [0.1, 0.15) is 12.7 Å². The molecule has 5 N–H and O–H groups in total. The van der Waals surface area contributed by atoms with E-state index in [0.717, 1.165) is 28.0 Å². The van der Waals surface area contributed by atoms with E-state index >= 15 is 0 Å². The van der Waals surface area contributed by atoms with Crippen LogP contribution in [0.4, 0.5) is 0 Å². The predicted octanol–water partition coefficient (Wildman–Crippen LogP) is -0.348. The highest BCUT2D eigenvalue weighted by Gasteiger charge is 1.99. The number of aromatic amines is 1. The Morgan fingerprint density at radius 1 is 1.35 bits per heavy atom. The van der Waals surface area contributed by atoms with Gasteiger partial charge in [-0.05, 0) is 5.22 Å². The second-order valence-electron chi connectivity index (χ2n) is 3.87. The summed E-state index contributed by atoms with van der Waals surface area (Å²) in [5, 5.41) is 3.34. The smallest absolute Gasteiger partial charge is 0.129 e. The van der Waals surface area contributed by atoms with Crippen LogP contribution in [0.2, 0.25) is 0 Å². The summed E-state index contributed by atoms with van der Waals surface area (Å²) >= 11 is 0. The number of hydrogen-bond acceptors (Lipinski definition) is 3. The predicted molar refractivity (Wildman–Crippen MR) is 68.6 cm³/mol. The molecule has 2 rings (SSSR count). The minimum atomic E-state index is 0.221. The maximum absolute atomic E-state index is 5.66. The number of nitrogens with two attached hydrogens (primary N) is 2. The zero-order chi connectivity index (χ0) is 12.4. The first-order valence-electron chi connectivity index (χ1n) is 5.52. The van der Waals surface area contributed by atoms with Gasteiger partial charge in [-0.25, -0.2) is 4.98 Å². The van der Waals surface area contributed by atoms with Crippen LogP contribution in [0.25, 0.3) is 12.4 Å². The number of aromatic nitrogens is 2. The lowest BCUT2D eigenvalue weighted by atomic mass is 10.2. The number of nitrogens with one attached hydrogen (secondary N) is 1. The van der Waals surface area contributed by atoms with Gasteiger partial charge in [0.1, 0.15) is 17.0 Å². The lowest BCUT2D eigenvalue weighted by molar-refractivity contribution is 0.979. The summed E-state index contributed by atoms with van der Waals surface area (Å²) in [7, 11) is 0. The molecule has 0 spiro atoms. The molecule has 17 heavy (non-hydrogen) atoms.